The van der Waals surface area contributed by atoms with E-state index < -0.39 is 0 Å². The van der Waals surface area contributed by atoms with Crippen molar-refractivity contribution in [3.8, 4) is 11.8 Å². The van der Waals surface area contributed by atoms with Crippen molar-refractivity contribution in [2.24, 2.45) is 7.05 Å². The predicted molar refractivity (Wildman–Crippen MR) is 63.3 cm³/mol. The molecule has 0 atom stereocenters. The maximum atomic E-state index is 13.3. The third-order valence-corrected chi connectivity index (χ3v) is 2.66. The lowest BCUT2D eigenvalue weighted by Crippen LogP contribution is -1.93. The van der Waals surface area contributed by atoms with Gasteiger partial charge in [-0.15, -0.1) is 0 Å². The van der Waals surface area contributed by atoms with Crippen LogP contribution in [-0.4, -0.2) is 9.78 Å². The molecule has 0 aliphatic heterocycles. The second-order valence-electron chi connectivity index (χ2n) is 3.19. The van der Waals surface area contributed by atoms with Crippen LogP contribution in [0.25, 0.3) is 0 Å². The van der Waals surface area contributed by atoms with Gasteiger partial charge in [0.2, 0.25) is 0 Å². The minimum absolute atomic E-state index is 0.312. The van der Waals surface area contributed by atoms with Crippen molar-refractivity contribution in [3.63, 3.8) is 0 Å². The maximum Gasteiger partial charge on any atom is 0.138 e. The summed E-state index contributed by atoms with van der Waals surface area (Å²) >= 11 is 3.33. The Bertz CT molecular complexity index is 559. The highest BCUT2D eigenvalue weighted by molar-refractivity contribution is 9.10. The van der Waals surface area contributed by atoms with Gasteiger partial charge in [0.05, 0.1) is 16.2 Å². The van der Waals surface area contributed by atoms with Gasteiger partial charge in [-0.2, -0.15) is 5.10 Å². The molecule has 0 radical (unpaired) electrons. The first-order valence-electron chi connectivity index (χ1n) is 4.62. The molecule has 0 fully saturated rings. The highest BCUT2D eigenvalue weighted by Crippen LogP contribution is 2.13. The molecule has 0 saturated carbocycles. The smallest absolute Gasteiger partial charge is 0.138 e. The summed E-state index contributed by atoms with van der Waals surface area (Å²) < 4.78 is 15.7. The Kier molecular flexibility index (Phi) is 3.07. The molecule has 0 bridgehead atoms. The van der Waals surface area contributed by atoms with Gasteiger partial charge in [0.1, 0.15) is 11.5 Å². The summed E-state index contributed by atoms with van der Waals surface area (Å²) in [6, 6.07) is 6.43. The van der Waals surface area contributed by atoms with Gasteiger partial charge in [-0.25, -0.2) is 4.39 Å². The van der Waals surface area contributed by atoms with E-state index in [4.69, 9.17) is 0 Å². The fourth-order valence-corrected chi connectivity index (χ4v) is 1.69. The zero-order chi connectivity index (χ0) is 11.5. The normalized spacial score (nSPS) is 9.69. The van der Waals surface area contributed by atoms with Crippen LogP contribution in [0.5, 0.6) is 0 Å². The summed E-state index contributed by atoms with van der Waals surface area (Å²) in [5.74, 6) is 5.35. The summed E-state index contributed by atoms with van der Waals surface area (Å²) in [6.45, 7) is 0. The second kappa shape index (κ2) is 4.50. The van der Waals surface area contributed by atoms with Crippen molar-refractivity contribution in [1.29, 1.82) is 0 Å². The molecule has 4 heteroatoms. The minimum atomic E-state index is -0.312. The summed E-state index contributed by atoms with van der Waals surface area (Å²) in [5.41, 5.74) is 1.11. The van der Waals surface area contributed by atoms with E-state index in [1.807, 2.05) is 0 Å². The largest absolute Gasteiger partial charge is 0.259 e. The van der Waals surface area contributed by atoms with E-state index in [0.717, 1.165) is 10.2 Å². The van der Waals surface area contributed by atoms with E-state index in [-0.39, 0.29) is 5.82 Å². The third kappa shape index (κ3) is 2.15. The standard InChI is InChI=1S/C12H8BrFN2/c1-16-12(10(13)8-15-16)7-6-9-4-2-3-5-11(9)14/h2-5,8H,1H3. The van der Waals surface area contributed by atoms with Gasteiger partial charge in [0, 0.05) is 7.05 Å². The molecule has 0 aliphatic carbocycles. The molecule has 2 aromatic rings. The Morgan fingerprint density at radius 2 is 2.06 bits per heavy atom. The molecule has 0 saturated heterocycles. The molecule has 0 unspecified atom stereocenters. The van der Waals surface area contributed by atoms with E-state index in [9.17, 15) is 4.39 Å². The average molecular weight is 279 g/mol. The molecule has 1 heterocycles. The van der Waals surface area contributed by atoms with Crippen molar-refractivity contribution < 1.29 is 4.39 Å². The van der Waals surface area contributed by atoms with Crippen molar-refractivity contribution in [1.82, 2.24) is 9.78 Å². The van der Waals surface area contributed by atoms with Crippen LogP contribution in [0.15, 0.2) is 34.9 Å². The fourth-order valence-electron chi connectivity index (χ4n) is 1.24. The zero-order valence-corrected chi connectivity index (χ0v) is 10.1. The predicted octanol–water partition coefficient (Wildman–Crippen LogP) is 2.72. The Morgan fingerprint density at radius 1 is 1.31 bits per heavy atom. The molecule has 2 nitrogen and oxygen atoms in total. The topological polar surface area (TPSA) is 17.8 Å². The van der Waals surface area contributed by atoms with Crippen LogP contribution in [-0.2, 0) is 7.05 Å². The van der Waals surface area contributed by atoms with E-state index in [1.54, 1.807) is 36.1 Å². The van der Waals surface area contributed by atoms with E-state index in [0.29, 0.717) is 5.56 Å². The van der Waals surface area contributed by atoms with Gasteiger partial charge in [-0.3, -0.25) is 4.68 Å². The van der Waals surface area contributed by atoms with Crippen molar-refractivity contribution in [2.75, 3.05) is 0 Å². The van der Waals surface area contributed by atoms with E-state index in [2.05, 4.69) is 32.9 Å². The lowest BCUT2D eigenvalue weighted by molar-refractivity contribution is 0.624. The molecule has 0 N–H and O–H groups in total. The maximum absolute atomic E-state index is 13.3. The van der Waals surface area contributed by atoms with Crippen LogP contribution in [0.4, 0.5) is 4.39 Å². The summed E-state index contributed by atoms with van der Waals surface area (Å²) in [5, 5.41) is 4.02. The highest BCUT2D eigenvalue weighted by Gasteiger charge is 2.02. The number of halogens is 2. The first kappa shape index (κ1) is 10.9. The average Bonchev–Trinajstić information content (AvgIpc) is 2.58. The van der Waals surface area contributed by atoms with Crippen LogP contribution in [0.3, 0.4) is 0 Å². The van der Waals surface area contributed by atoms with Gasteiger partial charge in [-0.05, 0) is 34.0 Å². The molecule has 2 rings (SSSR count). The van der Waals surface area contributed by atoms with Crippen LogP contribution in [0.2, 0.25) is 0 Å². The van der Waals surface area contributed by atoms with Gasteiger partial charge < -0.3 is 0 Å². The van der Waals surface area contributed by atoms with Crippen LogP contribution in [0.1, 0.15) is 11.3 Å². The summed E-state index contributed by atoms with van der Waals surface area (Å²) in [6.07, 6.45) is 1.66. The Hall–Kier alpha value is -1.60. The molecule has 1 aromatic carbocycles. The van der Waals surface area contributed by atoms with Gasteiger partial charge >= 0.3 is 0 Å². The van der Waals surface area contributed by atoms with Crippen molar-refractivity contribution in [2.45, 2.75) is 0 Å². The van der Waals surface area contributed by atoms with E-state index in [1.165, 1.54) is 6.07 Å². The van der Waals surface area contributed by atoms with Gasteiger partial charge in [0.25, 0.3) is 0 Å². The molecular weight excluding hydrogens is 271 g/mol. The Balaban J connectivity index is 2.40. The van der Waals surface area contributed by atoms with Crippen molar-refractivity contribution >= 4 is 15.9 Å². The summed E-state index contributed by atoms with van der Waals surface area (Å²) in [4.78, 5) is 0. The highest BCUT2D eigenvalue weighted by atomic mass is 79.9. The number of rotatable bonds is 0. The SMILES string of the molecule is Cn1ncc(Br)c1C#Cc1ccccc1F. The monoisotopic (exact) mass is 278 g/mol. The number of hydrogen-bond donors (Lipinski definition) is 0. The molecule has 0 aliphatic rings. The van der Waals surface area contributed by atoms with Crippen molar-refractivity contribution in [3.05, 3.63) is 52.0 Å². The van der Waals surface area contributed by atoms with E-state index >= 15 is 0 Å². The van der Waals surface area contributed by atoms with Gasteiger partial charge in [0.15, 0.2) is 0 Å². The molecule has 0 spiro atoms. The number of aryl methyl sites for hydroxylation is 1. The quantitative estimate of drug-likeness (QED) is 0.678. The first-order chi connectivity index (χ1) is 7.68. The second-order valence-corrected chi connectivity index (χ2v) is 4.05. The third-order valence-electron chi connectivity index (χ3n) is 2.08. The molecule has 80 valence electrons. The lowest BCUT2D eigenvalue weighted by Gasteiger charge is -1.93. The van der Waals surface area contributed by atoms with Gasteiger partial charge in [-0.1, -0.05) is 18.1 Å². The molecule has 0 amide bonds. The minimum Gasteiger partial charge on any atom is -0.259 e. The number of benzene rings is 1. The van der Waals surface area contributed by atoms with Crippen LogP contribution < -0.4 is 0 Å². The lowest BCUT2D eigenvalue weighted by atomic mass is 10.2. The first-order valence-corrected chi connectivity index (χ1v) is 5.42. The molecule has 1 aromatic heterocycles. The Morgan fingerprint density at radius 3 is 2.69 bits per heavy atom. The molecular formula is C12H8BrFN2. The number of nitrogens with zero attached hydrogens (tertiary/aromatic N) is 2. The van der Waals surface area contributed by atoms with Crippen LogP contribution >= 0.6 is 15.9 Å². The fraction of sp³-hybridized carbons (Fsp3) is 0.0833. The number of hydrogen-bond acceptors (Lipinski definition) is 1. The van der Waals surface area contributed by atoms with Crippen LogP contribution in [0, 0.1) is 17.7 Å². The molecule has 16 heavy (non-hydrogen) atoms. The zero-order valence-electron chi connectivity index (χ0n) is 8.54. The Labute approximate surface area is 101 Å². The summed E-state index contributed by atoms with van der Waals surface area (Å²) in [7, 11) is 1.79. The number of aromatic nitrogens is 2.